The number of hydrogen-bond donors (Lipinski definition) is 1. The average molecular weight is 425 g/mol. The molecule has 0 spiro atoms. The fraction of sp³-hybridized carbons (Fsp3) is 0.810. The number of nitrogens with zero attached hydrogens (tertiary/aromatic N) is 3. The number of aromatic nitrogens is 2. The average Bonchev–Trinajstić information content (AvgIpc) is 2.92. The quantitative estimate of drug-likeness (QED) is 0.366. The lowest BCUT2D eigenvalue weighted by atomic mass is 9.86. The van der Waals surface area contributed by atoms with Gasteiger partial charge in [0.25, 0.3) is 11.1 Å². The summed E-state index contributed by atoms with van der Waals surface area (Å²) in [7, 11) is 3.99. The Kier molecular flexibility index (Phi) is 9.14. The van der Waals surface area contributed by atoms with Crippen LogP contribution in [-0.4, -0.2) is 59.2 Å². The van der Waals surface area contributed by atoms with E-state index in [2.05, 4.69) is 41.2 Å². The Morgan fingerprint density at radius 1 is 1.17 bits per heavy atom. The molecule has 1 aromatic heterocycles. The number of amides is 1. The molecule has 0 aromatic carbocycles. The van der Waals surface area contributed by atoms with E-state index < -0.39 is 6.04 Å². The van der Waals surface area contributed by atoms with Gasteiger partial charge in [-0.05, 0) is 38.8 Å². The van der Waals surface area contributed by atoms with Gasteiger partial charge in [0.15, 0.2) is 0 Å². The zero-order chi connectivity index (χ0) is 21.4. The predicted octanol–water partition coefficient (Wildman–Crippen LogP) is 3.80. The molecular weight excluding hydrogens is 388 g/mol. The van der Waals surface area contributed by atoms with Crippen LogP contribution in [0.25, 0.3) is 0 Å². The van der Waals surface area contributed by atoms with Crippen molar-refractivity contribution in [1.29, 1.82) is 0 Å². The molecule has 0 radical (unpaired) electrons. The highest BCUT2D eigenvalue weighted by atomic mass is 32.2. The van der Waals surface area contributed by atoms with Crippen molar-refractivity contribution in [3.63, 3.8) is 0 Å². The second-order valence-electron chi connectivity index (χ2n) is 9.40. The lowest BCUT2D eigenvalue weighted by Gasteiger charge is -2.26. The maximum absolute atomic E-state index is 13.1. The molecule has 1 N–H and O–H groups in total. The van der Waals surface area contributed by atoms with Gasteiger partial charge in [-0.2, -0.15) is 0 Å². The number of carbonyl (C=O) groups excluding carboxylic acids is 2. The van der Waals surface area contributed by atoms with E-state index in [0.717, 1.165) is 38.0 Å². The van der Waals surface area contributed by atoms with Crippen molar-refractivity contribution in [2.45, 2.75) is 77.0 Å². The van der Waals surface area contributed by atoms with Gasteiger partial charge in [-0.25, -0.2) is 0 Å². The van der Waals surface area contributed by atoms with E-state index in [1.54, 1.807) is 0 Å². The van der Waals surface area contributed by atoms with E-state index in [-0.39, 0.29) is 28.9 Å². The molecule has 1 unspecified atom stereocenters. The van der Waals surface area contributed by atoms with Crippen LogP contribution in [0.2, 0.25) is 0 Å². The van der Waals surface area contributed by atoms with E-state index in [1.807, 2.05) is 14.1 Å². The van der Waals surface area contributed by atoms with Gasteiger partial charge < -0.3 is 14.6 Å². The van der Waals surface area contributed by atoms with Crippen molar-refractivity contribution in [1.82, 2.24) is 20.4 Å². The maximum atomic E-state index is 13.1. The molecule has 1 atom stereocenters. The van der Waals surface area contributed by atoms with E-state index in [1.165, 1.54) is 24.6 Å². The number of nitrogens with one attached hydrogen (secondary N) is 1. The minimum Gasteiger partial charge on any atom is -0.408 e. The fourth-order valence-electron chi connectivity index (χ4n) is 3.49. The number of rotatable bonds is 9. The van der Waals surface area contributed by atoms with Crippen LogP contribution in [0.4, 0.5) is 0 Å². The van der Waals surface area contributed by atoms with Crippen LogP contribution in [0.15, 0.2) is 9.64 Å². The Labute approximate surface area is 178 Å². The summed E-state index contributed by atoms with van der Waals surface area (Å²) in [6, 6.07) is -0.647. The summed E-state index contributed by atoms with van der Waals surface area (Å²) in [6.45, 7) is 7.05. The molecule has 164 valence electrons. The topological polar surface area (TPSA) is 88.3 Å². The highest BCUT2D eigenvalue weighted by molar-refractivity contribution is 7.99. The molecule has 8 heteroatoms. The van der Waals surface area contributed by atoms with Crippen LogP contribution in [0.5, 0.6) is 0 Å². The lowest BCUT2D eigenvalue weighted by molar-refractivity contribution is -0.126. The van der Waals surface area contributed by atoms with E-state index >= 15 is 0 Å². The second-order valence-corrected chi connectivity index (χ2v) is 10.4. The number of ketones is 1. The van der Waals surface area contributed by atoms with E-state index in [4.69, 9.17) is 4.42 Å². The zero-order valence-corrected chi connectivity index (χ0v) is 19.3. The molecule has 7 nitrogen and oxygen atoms in total. The number of thioether (sulfide) groups is 1. The fourth-order valence-corrected chi connectivity index (χ4v) is 4.35. The summed E-state index contributed by atoms with van der Waals surface area (Å²) in [5.74, 6) is 0.455. The Morgan fingerprint density at radius 2 is 1.83 bits per heavy atom. The van der Waals surface area contributed by atoms with Gasteiger partial charge in [-0.1, -0.05) is 58.2 Å². The summed E-state index contributed by atoms with van der Waals surface area (Å²) < 4.78 is 5.59. The van der Waals surface area contributed by atoms with Crippen molar-refractivity contribution >= 4 is 23.5 Å². The predicted molar refractivity (Wildman–Crippen MR) is 115 cm³/mol. The third kappa shape index (κ3) is 8.46. The molecule has 1 fully saturated rings. The van der Waals surface area contributed by atoms with Crippen LogP contribution in [0.1, 0.15) is 76.4 Å². The van der Waals surface area contributed by atoms with E-state index in [0.29, 0.717) is 11.6 Å². The van der Waals surface area contributed by atoms with Crippen LogP contribution >= 0.6 is 11.8 Å². The van der Waals surface area contributed by atoms with Crippen molar-refractivity contribution in [2.75, 3.05) is 26.4 Å². The molecule has 1 aliphatic carbocycles. The monoisotopic (exact) mass is 424 g/mol. The second kappa shape index (κ2) is 11.1. The highest BCUT2D eigenvalue weighted by Crippen LogP contribution is 2.26. The molecule has 0 saturated heterocycles. The standard InChI is InChI=1S/C21H36N4O3S/c1-21(2,3)14-16(22-18(27)15-10-8-6-7-9-11-15)17(26)19-23-24-20(28-19)29-13-12-25(4)5/h15-16H,6-14H2,1-5H3,(H,22,27). The van der Waals surface area contributed by atoms with Gasteiger partial charge in [-0.15, -0.1) is 10.2 Å². The van der Waals surface area contributed by atoms with Gasteiger partial charge in [-0.3, -0.25) is 9.59 Å². The molecule has 0 bridgehead atoms. The number of carbonyl (C=O) groups is 2. The summed E-state index contributed by atoms with van der Waals surface area (Å²) >= 11 is 1.43. The molecule has 1 aromatic rings. The number of hydrogen-bond acceptors (Lipinski definition) is 7. The first kappa shape index (κ1) is 23.9. The molecule has 1 saturated carbocycles. The molecule has 0 aliphatic heterocycles. The van der Waals surface area contributed by atoms with Crippen LogP contribution in [-0.2, 0) is 4.79 Å². The summed E-state index contributed by atoms with van der Waals surface area (Å²) in [4.78, 5) is 28.0. The summed E-state index contributed by atoms with van der Waals surface area (Å²) in [6.07, 6.45) is 6.84. The van der Waals surface area contributed by atoms with Crippen LogP contribution in [0.3, 0.4) is 0 Å². The van der Waals surface area contributed by atoms with Gasteiger partial charge in [0, 0.05) is 18.2 Å². The van der Waals surface area contributed by atoms with Crippen LogP contribution < -0.4 is 5.32 Å². The van der Waals surface area contributed by atoms with Gasteiger partial charge in [0.1, 0.15) is 0 Å². The smallest absolute Gasteiger partial charge is 0.286 e. The normalized spacial score (nSPS) is 17.2. The van der Waals surface area contributed by atoms with Crippen molar-refractivity contribution in [2.24, 2.45) is 11.3 Å². The Morgan fingerprint density at radius 3 is 2.41 bits per heavy atom. The van der Waals surface area contributed by atoms with E-state index in [9.17, 15) is 9.59 Å². The van der Waals surface area contributed by atoms with Gasteiger partial charge >= 0.3 is 0 Å². The zero-order valence-electron chi connectivity index (χ0n) is 18.5. The third-order valence-electron chi connectivity index (χ3n) is 5.06. The Bertz CT molecular complexity index is 661. The Hall–Kier alpha value is -1.41. The minimum atomic E-state index is -0.647. The molecular formula is C21H36N4O3S. The molecule has 29 heavy (non-hydrogen) atoms. The third-order valence-corrected chi connectivity index (χ3v) is 5.86. The first-order valence-corrected chi connectivity index (χ1v) is 11.6. The van der Waals surface area contributed by atoms with Crippen molar-refractivity contribution < 1.29 is 14.0 Å². The van der Waals surface area contributed by atoms with Gasteiger partial charge in [0.05, 0.1) is 6.04 Å². The summed E-state index contributed by atoms with van der Waals surface area (Å²) in [5.41, 5.74) is -0.125. The highest BCUT2D eigenvalue weighted by Gasteiger charge is 2.32. The minimum absolute atomic E-state index is 0.00685. The van der Waals surface area contributed by atoms with Crippen molar-refractivity contribution in [3.05, 3.63) is 5.89 Å². The number of Topliss-reactive ketones (excluding diaryl/α,β-unsaturated/α-hetero) is 1. The van der Waals surface area contributed by atoms with Crippen LogP contribution in [0, 0.1) is 11.3 Å². The molecule has 1 aliphatic rings. The molecule has 1 amide bonds. The molecule has 1 heterocycles. The largest absolute Gasteiger partial charge is 0.408 e. The van der Waals surface area contributed by atoms with Gasteiger partial charge in [0.2, 0.25) is 11.7 Å². The first-order chi connectivity index (χ1) is 13.7. The first-order valence-electron chi connectivity index (χ1n) is 10.6. The SMILES string of the molecule is CN(C)CCSc1nnc(C(=O)C(CC(C)(C)C)NC(=O)C2CCCCCC2)o1. The lowest BCUT2D eigenvalue weighted by Crippen LogP contribution is -2.45. The summed E-state index contributed by atoms with van der Waals surface area (Å²) in [5, 5.41) is 11.3. The maximum Gasteiger partial charge on any atom is 0.286 e. The van der Waals surface area contributed by atoms with Crippen molar-refractivity contribution in [3.8, 4) is 0 Å². The Balaban J connectivity index is 2.05. The molecule has 2 rings (SSSR count).